The molecule has 4 unspecified atom stereocenters. The van der Waals surface area contributed by atoms with Gasteiger partial charge in [0.2, 0.25) is 0 Å². The minimum atomic E-state index is -0.259. The molecule has 0 aromatic heterocycles. The fourth-order valence-corrected chi connectivity index (χ4v) is 4.24. The number of amides is 1. The van der Waals surface area contributed by atoms with Crippen molar-refractivity contribution in [1.29, 1.82) is 0 Å². The molecule has 2 aliphatic heterocycles. The van der Waals surface area contributed by atoms with E-state index in [-0.39, 0.29) is 30.3 Å². The molecule has 5 heteroatoms. The highest BCUT2D eigenvalue weighted by molar-refractivity contribution is 5.68. The van der Waals surface area contributed by atoms with E-state index >= 15 is 0 Å². The molecule has 0 aromatic carbocycles. The van der Waals surface area contributed by atoms with E-state index in [2.05, 4.69) is 0 Å². The van der Waals surface area contributed by atoms with Gasteiger partial charge < -0.3 is 19.5 Å². The van der Waals surface area contributed by atoms with Gasteiger partial charge in [-0.2, -0.15) is 0 Å². The third-order valence-electron chi connectivity index (χ3n) is 5.48. The Hall–Kier alpha value is -0.810. The van der Waals surface area contributed by atoms with E-state index in [0.717, 1.165) is 70.9 Å². The standard InChI is InChI=1S/C17H29NO4/c19-16-9-2-1-7-14(16)15-8-3-4-10-18(15)17(20)22-12-13-6-5-11-21-13/h13-16,19H,1-12H2. The van der Waals surface area contributed by atoms with Crippen molar-refractivity contribution in [3.8, 4) is 0 Å². The van der Waals surface area contributed by atoms with E-state index in [1.165, 1.54) is 0 Å². The van der Waals surface area contributed by atoms with Crippen molar-refractivity contribution in [2.75, 3.05) is 19.8 Å². The van der Waals surface area contributed by atoms with Gasteiger partial charge in [0.25, 0.3) is 0 Å². The van der Waals surface area contributed by atoms with Crippen molar-refractivity contribution < 1.29 is 19.4 Å². The highest BCUT2D eigenvalue weighted by Crippen LogP contribution is 2.34. The Labute approximate surface area is 133 Å². The number of likely N-dealkylation sites (tertiary alicyclic amines) is 1. The molecule has 3 aliphatic rings. The summed E-state index contributed by atoms with van der Waals surface area (Å²) in [6.45, 7) is 1.91. The first-order chi connectivity index (χ1) is 10.8. The molecule has 5 nitrogen and oxygen atoms in total. The monoisotopic (exact) mass is 311 g/mol. The van der Waals surface area contributed by atoms with Crippen molar-refractivity contribution in [2.45, 2.75) is 76.0 Å². The van der Waals surface area contributed by atoms with E-state index in [4.69, 9.17) is 9.47 Å². The summed E-state index contributed by atoms with van der Waals surface area (Å²) in [6, 6.07) is 0.154. The van der Waals surface area contributed by atoms with Crippen LogP contribution >= 0.6 is 0 Å². The summed E-state index contributed by atoms with van der Waals surface area (Å²) in [5.41, 5.74) is 0. The number of carbonyl (C=O) groups excluding carboxylic acids is 1. The summed E-state index contributed by atoms with van der Waals surface area (Å²) in [5.74, 6) is 0.226. The Balaban J connectivity index is 1.57. The number of nitrogens with zero attached hydrogens (tertiary/aromatic N) is 1. The number of hydrogen-bond donors (Lipinski definition) is 1. The topological polar surface area (TPSA) is 59.0 Å². The first-order valence-corrected chi connectivity index (χ1v) is 8.99. The predicted molar refractivity (Wildman–Crippen MR) is 82.6 cm³/mol. The van der Waals surface area contributed by atoms with Crippen LogP contribution in [0.1, 0.15) is 57.8 Å². The summed E-state index contributed by atoms with van der Waals surface area (Å²) >= 11 is 0. The molecule has 3 rings (SSSR count). The lowest BCUT2D eigenvalue weighted by Crippen LogP contribution is -2.51. The van der Waals surface area contributed by atoms with Gasteiger partial charge in [-0.3, -0.25) is 0 Å². The van der Waals surface area contributed by atoms with Crippen molar-refractivity contribution in [1.82, 2.24) is 4.90 Å². The van der Waals surface area contributed by atoms with Crippen molar-refractivity contribution in [3.63, 3.8) is 0 Å². The Morgan fingerprint density at radius 2 is 1.91 bits per heavy atom. The molecule has 0 aromatic rings. The molecule has 2 heterocycles. The Bertz CT molecular complexity index is 370. The van der Waals surface area contributed by atoms with Crippen LogP contribution in [0.4, 0.5) is 4.79 Å². The van der Waals surface area contributed by atoms with Crippen molar-refractivity contribution >= 4 is 6.09 Å². The smallest absolute Gasteiger partial charge is 0.410 e. The van der Waals surface area contributed by atoms with Crippen LogP contribution in [0.3, 0.4) is 0 Å². The Morgan fingerprint density at radius 3 is 2.68 bits per heavy atom. The Kier molecular flexibility index (Phi) is 5.58. The van der Waals surface area contributed by atoms with Crippen LogP contribution in [0.2, 0.25) is 0 Å². The van der Waals surface area contributed by atoms with Gasteiger partial charge in [-0.05, 0) is 44.9 Å². The quantitative estimate of drug-likeness (QED) is 0.870. The molecule has 1 saturated carbocycles. The third-order valence-corrected chi connectivity index (χ3v) is 5.48. The SMILES string of the molecule is O=C(OCC1CCCO1)N1CCCCC1C1CCCCC1O. The summed E-state index contributed by atoms with van der Waals surface area (Å²) < 4.78 is 11.0. The molecule has 126 valence electrons. The van der Waals surface area contributed by atoms with Crippen LogP contribution in [-0.2, 0) is 9.47 Å². The fourth-order valence-electron chi connectivity index (χ4n) is 4.24. The van der Waals surface area contributed by atoms with Gasteiger partial charge >= 0.3 is 6.09 Å². The Morgan fingerprint density at radius 1 is 1.09 bits per heavy atom. The van der Waals surface area contributed by atoms with Crippen LogP contribution in [-0.4, -0.2) is 54.1 Å². The minimum Gasteiger partial charge on any atom is -0.447 e. The van der Waals surface area contributed by atoms with Crippen LogP contribution in [0.15, 0.2) is 0 Å². The highest BCUT2D eigenvalue weighted by Gasteiger charge is 2.38. The van der Waals surface area contributed by atoms with Crippen LogP contribution in [0.5, 0.6) is 0 Å². The number of carbonyl (C=O) groups is 1. The molecule has 0 spiro atoms. The molecule has 0 bridgehead atoms. The minimum absolute atomic E-state index is 0.0764. The number of aliphatic hydroxyl groups excluding tert-OH is 1. The second-order valence-electron chi connectivity index (χ2n) is 6.98. The van der Waals surface area contributed by atoms with E-state index < -0.39 is 0 Å². The lowest BCUT2D eigenvalue weighted by molar-refractivity contribution is -0.0171. The van der Waals surface area contributed by atoms with Crippen LogP contribution in [0, 0.1) is 5.92 Å². The maximum absolute atomic E-state index is 12.5. The van der Waals surface area contributed by atoms with Gasteiger partial charge in [0.05, 0.1) is 12.2 Å². The van der Waals surface area contributed by atoms with Crippen molar-refractivity contribution in [3.05, 3.63) is 0 Å². The van der Waals surface area contributed by atoms with Crippen molar-refractivity contribution in [2.24, 2.45) is 5.92 Å². The molecule has 1 amide bonds. The second-order valence-corrected chi connectivity index (χ2v) is 6.98. The molecule has 4 atom stereocenters. The van der Waals surface area contributed by atoms with Gasteiger partial charge in [0, 0.05) is 25.1 Å². The van der Waals surface area contributed by atoms with Gasteiger partial charge in [0.15, 0.2) is 0 Å². The maximum atomic E-state index is 12.5. The van der Waals surface area contributed by atoms with E-state index in [1.54, 1.807) is 0 Å². The predicted octanol–water partition coefficient (Wildman–Crippen LogP) is 2.71. The average Bonchev–Trinajstić information content (AvgIpc) is 3.06. The van der Waals surface area contributed by atoms with Crippen LogP contribution < -0.4 is 0 Å². The molecule has 0 radical (unpaired) electrons. The number of hydrogen-bond acceptors (Lipinski definition) is 4. The van der Waals surface area contributed by atoms with Gasteiger partial charge in [-0.1, -0.05) is 12.8 Å². The van der Waals surface area contributed by atoms with E-state index in [1.807, 2.05) is 4.90 Å². The van der Waals surface area contributed by atoms with E-state index in [9.17, 15) is 9.90 Å². The summed E-state index contributed by atoms with van der Waals surface area (Å²) in [6.07, 6.45) is 9.00. The largest absolute Gasteiger partial charge is 0.447 e. The molecular weight excluding hydrogens is 282 g/mol. The number of ether oxygens (including phenoxy) is 2. The third kappa shape index (κ3) is 3.74. The zero-order valence-electron chi connectivity index (χ0n) is 13.4. The van der Waals surface area contributed by atoms with Crippen LogP contribution in [0.25, 0.3) is 0 Å². The zero-order chi connectivity index (χ0) is 15.4. The number of rotatable bonds is 3. The molecule has 3 fully saturated rings. The lowest BCUT2D eigenvalue weighted by Gasteiger charge is -2.43. The zero-order valence-corrected chi connectivity index (χ0v) is 13.4. The summed E-state index contributed by atoms with van der Waals surface area (Å²) in [5, 5.41) is 10.3. The first kappa shape index (κ1) is 16.1. The normalized spacial score (nSPS) is 36.3. The fraction of sp³-hybridized carbons (Fsp3) is 0.941. The summed E-state index contributed by atoms with van der Waals surface area (Å²) in [4.78, 5) is 14.4. The molecule has 1 aliphatic carbocycles. The summed E-state index contributed by atoms with van der Waals surface area (Å²) in [7, 11) is 0. The molecule has 22 heavy (non-hydrogen) atoms. The van der Waals surface area contributed by atoms with Gasteiger partial charge in [0.1, 0.15) is 6.61 Å². The maximum Gasteiger partial charge on any atom is 0.410 e. The molecular formula is C17H29NO4. The van der Waals surface area contributed by atoms with Gasteiger partial charge in [-0.15, -0.1) is 0 Å². The average molecular weight is 311 g/mol. The first-order valence-electron chi connectivity index (χ1n) is 8.99. The second kappa shape index (κ2) is 7.64. The lowest BCUT2D eigenvalue weighted by atomic mass is 9.78. The number of aliphatic hydroxyl groups is 1. The van der Waals surface area contributed by atoms with Gasteiger partial charge in [-0.25, -0.2) is 4.79 Å². The highest BCUT2D eigenvalue weighted by atomic mass is 16.6. The molecule has 2 saturated heterocycles. The van der Waals surface area contributed by atoms with E-state index in [0.29, 0.717) is 6.61 Å². The number of piperidine rings is 1. The molecule has 1 N–H and O–H groups in total.